The second-order valence-electron chi connectivity index (χ2n) is 6.51. The van der Waals surface area contributed by atoms with Gasteiger partial charge >= 0.3 is 11.6 Å². The number of carbonyl (C=O) groups excluding carboxylic acids is 1. The van der Waals surface area contributed by atoms with Gasteiger partial charge in [-0.3, -0.25) is 0 Å². The van der Waals surface area contributed by atoms with E-state index in [0.29, 0.717) is 21.0 Å². The van der Waals surface area contributed by atoms with Crippen LogP contribution in [0.15, 0.2) is 79.2 Å². The van der Waals surface area contributed by atoms with Gasteiger partial charge in [0.05, 0.1) is 10.5 Å². The summed E-state index contributed by atoms with van der Waals surface area (Å²) < 4.78 is 34.2. The Morgan fingerprint density at radius 3 is 2.60 bits per heavy atom. The second-order valence-corrected chi connectivity index (χ2v) is 8.93. The van der Waals surface area contributed by atoms with Crippen molar-refractivity contribution in [3.8, 4) is 0 Å². The van der Waals surface area contributed by atoms with Gasteiger partial charge in [0.1, 0.15) is 12.2 Å². The lowest BCUT2D eigenvalue weighted by Crippen LogP contribution is -2.14. The molecule has 30 heavy (non-hydrogen) atoms. The van der Waals surface area contributed by atoms with E-state index >= 15 is 0 Å². The summed E-state index contributed by atoms with van der Waals surface area (Å²) in [6.07, 6.45) is 0. The number of carbonyl (C=O) groups is 1. The molecule has 7 nitrogen and oxygen atoms in total. The van der Waals surface area contributed by atoms with Crippen molar-refractivity contribution in [2.24, 2.45) is 5.14 Å². The maximum absolute atomic E-state index is 12.6. The molecule has 4 aromatic rings. The first-order chi connectivity index (χ1) is 14.2. The Morgan fingerprint density at radius 2 is 1.83 bits per heavy atom. The van der Waals surface area contributed by atoms with E-state index in [-0.39, 0.29) is 17.1 Å². The summed E-state index contributed by atoms with van der Waals surface area (Å²) in [4.78, 5) is 24.4. The lowest BCUT2D eigenvalue weighted by molar-refractivity contribution is 0.0472. The van der Waals surface area contributed by atoms with Crippen molar-refractivity contribution in [3.63, 3.8) is 0 Å². The van der Waals surface area contributed by atoms with E-state index in [9.17, 15) is 18.0 Å². The molecule has 4 rings (SSSR count). The Hall–Kier alpha value is -3.01. The maximum atomic E-state index is 12.6. The number of nitrogens with two attached hydrogens (primary N) is 1. The molecule has 0 unspecified atom stereocenters. The zero-order chi connectivity index (χ0) is 21.5. The molecule has 1 aromatic heterocycles. The molecular formula is C21H14BrNO6S. The van der Waals surface area contributed by atoms with Crippen LogP contribution in [-0.2, 0) is 21.4 Å². The standard InChI is InChI=1S/C21H14BrNO6S/c22-17-7-6-14(30(23,26)27)10-16(17)21(25)28-11-13-9-19(24)29-18-8-5-12-3-1-2-4-15(12)20(13)18/h1-10H,11H2,(H2,23,26,27). The molecule has 0 saturated heterocycles. The zero-order valence-corrected chi connectivity index (χ0v) is 17.7. The summed E-state index contributed by atoms with van der Waals surface area (Å²) in [7, 11) is -3.98. The number of primary sulfonamides is 1. The number of hydrogen-bond donors (Lipinski definition) is 1. The van der Waals surface area contributed by atoms with Crippen molar-refractivity contribution in [2.75, 3.05) is 0 Å². The Morgan fingerprint density at radius 1 is 1.07 bits per heavy atom. The molecule has 0 bridgehead atoms. The van der Waals surface area contributed by atoms with E-state index in [1.54, 1.807) is 6.07 Å². The number of rotatable bonds is 4. The zero-order valence-electron chi connectivity index (χ0n) is 15.3. The molecule has 0 atom stereocenters. The van der Waals surface area contributed by atoms with E-state index in [4.69, 9.17) is 14.3 Å². The first-order valence-electron chi connectivity index (χ1n) is 8.68. The average molecular weight is 488 g/mol. The van der Waals surface area contributed by atoms with E-state index in [0.717, 1.165) is 16.8 Å². The van der Waals surface area contributed by atoms with E-state index in [1.807, 2.05) is 30.3 Å². The van der Waals surface area contributed by atoms with Crippen molar-refractivity contribution < 1.29 is 22.4 Å². The van der Waals surface area contributed by atoms with Gasteiger partial charge in [-0.1, -0.05) is 30.3 Å². The van der Waals surface area contributed by atoms with Crippen LogP contribution in [0.2, 0.25) is 0 Å². The summed E-state index contributed by atoms with van der Waals surface area (Å²) in [5.74, 6) is -0.769. The van der Waals surface area contributed by atoms with Crippen LogP contribution < -0.4 is 10.8 Å². The number of sulfonamides is 1. The van der Waals surface area contributed by atoms with Crippen molar-refractivity contribution >= 4 is 53.7 Å². The molecular weight excluding hydrogens is 474 g/mol. The monoisotopic (exact) mass is 487 g/mol. The first-order valence-corrected chi connectivity index (χ1v) is 11.0. The van der Waals surface area contributed by atoms with Crippen molar-refractivity contribution in [1.82, 2.24) is 0 Å². The van der Waals surface area contributed by atoms with Crippen molar-refractivity contribution in [1.29, 1.82) is 0 Å². The molecule has 152 valence electrons. The average Bonchev–Trinajstić information content (AvgIpc) is 2.70. The van der Waals surface area contributed by atoms with Crippen LogP contribution in [0.1, 0.15) is 15.9 Å². The lowest BCUT2D eigenvalue weighted by Gasteiger charge is -2.11. The number of ether oxygens (including phenoxy) is 1. The van der Waals surface area contributed by atoms with Gasteiger partial charge < -0.3 is 9.15 Å². The van der Waals surface area contributed by atoms with Crippen LogP contribution in [0.4, 0.5) is 0 Å². The Kier molecular flexibility index (Phi) is 5.19. The van der Waals surface area contributed by atoms with Crippen LogP contribution in [0.5, 0.6) is 0 Å². The highest BCUT2D eigenvalue weighted by Crippen LogP contribution is 2.28. The van der Waals surface area contributed by atoms with Crippen molar-refractivity contribution in [2.45, 2.75) is 11.5 Å². The number of hydrogen-bond acceptors (Lipinski definition) is 6. The SMILES string of the molecule is NS(=O)(=O)c1ccc(Br)c(C(=O)OCc2cc(=O)oc3ccc4ccccc4c23)c1. The molecule has 0 saturated carbocycles. The molecule has 2 N–H and O–H groups in total. The van der Waals surface area contributed by atoms with Gasteiger partial charge in [-0.25, -0.2) is 23.1 Å². The van der Waals surface area contributed by atoms with Gasteiger partial charge in [0.2, 0.25) is 10.0 Å². The highest BCUT2D eigenvalue weighted by Gasteiger charge is 2.18. The number of esters is 1. The molecule has 3 aromatic carbocycles. The smallest absolute Gasteiger partial charge is 0.339 e. The highest BCUT2D eigenvalue weighted by atomic mass is 79.9. The van der Waals surface area contributed by atoms with Crippen LogP contribution in [0, 0.1) is 0 Å². The highest BCUT2D eigenvalue weighted by molar-refractivity contribution is 9.10. The fourth-order valence-corrected chi connectivity index (χ4v) is 4.14. The molecule has 9 heteroatoms. The Bertz CT molecular complexity index is 1480. The molecule has 0 aliphatic rings. The van der Waals surface area contributed by atoms with Crippen LogP contribution >= 0.6 is 15.9 Å². The van der Waals surface area contributed by atoms with Crippen LogP contribution in [-0.4, -0.2) is 14.4 Å². The molecule has 1 heterocycles. The summed E-state index contributed by atoms with van der Waals surface area (Å²) in [6.45, 7) is -0.207. The minimum Gasteiger partial charge on any atom is -0.457 e. The number of benzene rings is 3. The summed E-state index contributed by atoms with van der Waals surface area (Å²) in [5, 5.41) is 7.59. The third-order valence-corrected chi connectivity index (χ3v) is 6.16. The fraction of sp³-hybridized carbons (Fsp3) is 0.0476. The molecule has 0 amide bonds. The fourth-order valence-electron chi connectivity index (χ4n) is 3.19. The second kappa shape index (κ2) is 7.67. The lowest BCUT2D eigenvalue weighted by atomic mass is 10.0. The summed E-state index contributed by atoms with van der Waals surface area (Å²) in [6, 6.07) is 16.2. The van der Waals surface area contributed by atoms with Crippen LogP contribution in [0.3, 0.4) is 0 Å². The first kappa shape index (κ1) is 20.3. The predicted molar refractivity (Wildman–Crippen MR) is 115 cm³/mol. The van der Waals surface area contributed by atoms with Gasteiger partial charge in [0.25, 0.3) is 0 Å². The third kappa shape index (κ3) is 3.87. The topological polar surface area (TPSA) is 117 Å². The van der Waals surface area contributed by atoms with E-state index in [1.165, 1.54) is 18.2 Å². The maximum Gasteiger partial charge on any atom is 0.339 e. The largest absolute Gasteiger partial charge is 0.457 e. The van der Waals surface area contributed by atoms with E-state index in [2.05, 4.69) is 15.9 Å². The molecule has 0 aliphatic heterocycles. The van der Waals surface area contributed by atoms with Crippen molar-refractivity contribution in [3.05, 3.63) is 86.7 Å². The number of halogens is 1. The molecule has 0 radical (unpaired) electrons. The summed E-state index contributed by atoms with van der Waals surface area (Å²) in [5.41, 5.74) is 0.287. The molecule has 0 aliphatic carbocycles. The minimum absolute atomic E-state index is 0.00125. The Balaban J connectivity index is 1.73. The van der Waals surface area contributed by atoms with Gasteiger partial charge in [0.15, 0.2) is 0 Å². The van der Waals surface area contributed by atoms with Gasteiger partial charge in [-0.05, 0) is 51.0 Å². The third-order valence-electron chi connectivity index (χ3n) is 4.56. The quantitative estimate of drug-likeness (QED) is 0.266. The van der Waals surface area contributed by atoms with E-state index < -0.39 is 21.6 Å². The normalized spacial score (nSPS) is 11.7. The minimum atomic E-state index is -3.98. The van der Waals surface area contributed by atoms with Gasteiger partial charge in [-0.2, -0.15) is 0 Å². The van der Waals surface area contributed by atoms with Crippen LogP contribution in [0.25, 0.3) is 21.7 Å². The predicted octanol–water partition coefficient (Wildman–Crippen LogP) is 3.71. The molecule has 0 spiro atoms. The summed E-state index contributed by atoms with van der Waals surface area (Å²) >= 11 is 3.21. The van der Waals surface area contributed by atoms with Gasteiger partial charge in [0, 0.05) is 21.5 Å². The molecule has 0 fully saturated rings. The number of fused-ring (bicyclic) bond motifs is 3. The Labute approximate surface area is 179 Å². The van der Waals surface area contributed by atoms with Gasteiger partial charge in [-0.15, -0.1) is 0 Å².